The third-order valence-electron chi connectivity index (χ3n) is 4.49. The molecule has 3 aromatic rings. The quantitative estimate of drug-likeness (QED) is 0.654. The molecule has 1 aliphatic rings. The van der Waals surface area contributed by atoms with Crippen molar-refractivity contribution in [2.45, 2.75) is 6.92 Å². The maximum absolute atomic E-state index is 12.8. The Kier molecular flexibility index (Phi) is 4.81. The lowest BCUT2D eigenvalue weighted by atomic mass is 10.1. The standard InChI is InChI=1S/C22H16N4O4/c1-13(27)24-15-6-8-16(9-7-15)25-20(28)14-5-10-17-18(12-14)22(30)26(21(17)29)19-4-2-3-11-23-19/h2-12H,1H3,(H,24,27)(H,25,28). The maximum atomic E-state index is 12.8. The Morgan fingerprint density at radius 1 is 0.833 bits per heavy atom. The third kappa shape index (κ3) is 3.53. The van der Waals surface area contributed by atoms with Crippen LogP contribution in [0.3, 0.4) is 0 Å². The minimum Gasteiger partial charge on any atom is -0.326 e. The maximum Gasteiger partial charge on any atom is 0.267 e. The summed E-state index contributed by atoms with van der Waals surface area (Å²) in [6.45, 7) is 1.41. The molecule has 0 radical (unpaired) electrons. The van der Waals surface area contributed by atoms with E-state index in [4.69, 9.17) is 0 Å². The van der Waals surface area contributed by atoms with E-state index in [0.717, 1.165) is 4.90 Å². The first-order valence-corrected chi connectivity index (χ1v) is 9.07. The van der Waals surface area contributed by atoms with Gasteiger partial charge in [-0.05, 0) is 54.6 Å². The number of fused-ring (bicyclic) bond motifs is 1. The van der Waals surface area contributed by atoms with Crippen LogP contribution >= 0.6 is 0 Å². The van der Waals surface area contributed by atoms with Crippen molar-refractivity contribution in [1.82, 2.24) is 4.98 Å². The summed E-state index contributed by atoms with van der Waals surface area (Å²) >= 11 is 0. The van der Waals surface area contributed by atoms with Gasteiger partial charge in [-0.15, -0.1) is 0 Å². The number of nitrogens with one attached hydrogen (secondary N) is 2. The largest absolute Gasteiger partial charge is 0.326 e. The van der Waals surface area contributed by atoms with Crippen molar-refractivity contribution in [3.8, 4) is 0 Å². The zero-order valence-corrected chi connectivity index (χ0v) is 15.9. The second-order valence-corrected chi connectivity index (χ2v) is 6.61. The molecule has 4 amide bonds. The summed E-state index contributed by atoms with van der Waals surface area (Å²) in [4.78, 5) is 54.1. The topological polar surface area (TPSA) is 108 Å². The molecule has 2 N–H and O–H groups in total. The highest BCUT2D eigenvalue weighted by Gasteiger charge is 2.37. The van der Waals surface area contributed by atoms with Crippen LogP contribution in [0.2, 0.25) is 0 Å². The van der Waals surface area contributed by atoms with Crippen molar-refractivity contribution in [2.75, 3.05) is 15.5 Å². The average Bonchev–Trinajstić information content (AvgIpc) is 2.99. The monoisotopic (exact) mass is 400 g/mol. The minimum atomic E-state index is -0.525. The molecule has 4 rings (SSSR count). The van der Waals surface area contributed by atoms with E-state index in [1.54, 1.807) is 42.5 Å². The van der Waals surface area contributed by atoms with E-state index < -0.39 is 17.7 Å². The number of imide groups is 1. The van der Waals surface area contributed by atoms with Crippen LogP contribution in [-0.4, -0.2) is 28.6 Å². The Labute approximate surface area is 171 Å². The van der Waals surface area contributed by atoms with E-state index in [9.17, 15) is 19.2 Å². The van der Waals surface area contributed by atoms with Crippen LogP contribution in [-0.2, 0) is 4.79 Å². The molecule has 0 bridgehead atoms. The lowest BCUT2D eigenvalue weighted by Crippen LogP contribution is -2.30. The minimum absolute atomic E-state index is 0.152. The van der Waals surface area contributed by atoms with Crippen LogP contribution < -0.4 is 15.5 Å². The van der Waals surface area contributed by atoms with Crippen molar-refractivity contribution in [1.29, 1.82) is 0 Å². The molecule has 0 atom stereocenters. The fourth-order valence-corrected chi connectivity index (χ4v) is 3.12. The zero-order valence-electron chi connectivity index (χ0n) is 15.9. The van der Waals surface area contributed by atoms with Gasteiger partial charge in [0.25, 0.3) is 17.7 Å². The molecule has 30 heavy (non-hydrogen) atoms. The molecule has 1 aliphatic heterocycles. The van der Waals surface area contributed by atoms with Crippen molar-refractivity contribution in [3.05, 3.63) is 83.6 Å². The molecule has 8 heteroatoms. The number of rotatable bonds is 4. The fourth-order valence-electron chi connectivity index (χ4n) is 3.12. The highest BCUT2D eigenvalue weighted by atomic mass is 16.2. The Balaban J connectivity index is 1.55. The number of benzene rings is 2. The van der Waals surface area contributed by atoms with Gasteiger partial charge in [-0.3, -0.25) is 19.2 Å². The van der Waals surface area contributed by atoms with Crippen molar-refractivity contribution in [3.63, 3.8) is 0 Å². The van der Waals surface area contributed by atoms with E-state index in [1.807, 2.05) is 0 Å². The van der Waals surface area contributed by atoms with E-state index in [-0.39, 0.29) is 28.4 Å². The predicted molar refractivity (Wildman–Crippen MR) is 111 cm³/mol. The van der Waals surface area contributed by atoms with E-state index >= 15 is 0 Å². The fraction of sp³-hybridized carbons (Fsp3) is 0.0455. The first-order chi connectivity index (χ1) is 14.4. The van der Waals surface area contributed by atoms with Crippen LogP contribution in [0.25, 0.3) is 0 Å². The number of aromatic nitrogens is 1. The molecular formula is C22H16N4O4. The number of nitrogens with zero attached hydrogens (tertiary/aromatic N) is 2. The number of hydrogen-bond donors (Lipinski definition) is 2. The molecule has 2 heterocycles. The summed E-state index contributed by atoms with van der Waals surface area (Å²) in [7, 11) is 0. The van der Waals surface area contributed by atoms with Gasteiger partial charge >= 0.3 is 0 Å². The predicted octanol–water partition coefficient (Wildman–Crippen LogP) is 3.09. The normalized spacial score (nSPS) is 12.5. The third-order valence-corrected chi connectivity index (χ3v) is 4.49. The number of carbonyl (C=O) groups is 4. The van der Waals surface area contributed by atoms with Crippen molar-refractivity contribution in [2.24, 2.45) is 0 Å². The van der Waals surface area contributed by atoms with Gasteiger partial charge < -0.3 is 10.6 Å². The summed E-state index contributed by atoms with van der Waals surface area (Å²) in [6, 6.07) is 15.9. The van der Waals surface area contributed by atoms with E-state index in [2.05, 4.69) is 15.6 Å². The Bertz CT molecular complexity index is 1170. The summed E-state index contributed by atoms with van der Waals surface area (Å²) in [6.07, 6.45) is 1.50. The number of amides is 4. The number of pyridine rings is 1. The van der Waals surface area contributed by atoms with Crippen LogP contribution in [0, 0.1) is 0 Å². The second-order valence-electron chi connectivity index (χ2n) is 6.61. The molecule has 0 saturated carbocycles. The van der Waals surface area contributed by atoms with E-state index in [1.165, 1.54) is 31.3 Å². The lowest BCUT2D eigenvalue weighted by molar-refractivity contribution is -0.114. The van der Waals surface area contributed by atoms with Crippen molar-refractivity contribution >= 4 is 40.8 Å². The van der Waals surface area contributed by atoms with Crippen LogP contribution in [0.1, 0.15) is 38.0 Å². The second kappa shape index (κ2) is 7.59. The van der Waals surface area contributed by atoms with Gasteiger partial charge in [0.2, 0.25) is 5.91 Å². The van der Waals surface area contributed by atoms with Gasteiger partial charge in [-0.25, -0.2) is 9.88 Å². The molecule has 0 aliphatic carbocycles. The molecule has 0 fully saturated rings. The number of carbonyl (C=O) groups excluding carboxylic acids is 4. The Hall–Kier alpha value is -4.33. The molecular weight excluding hydrogens is 384 g/mol. The molecule has 1 aromatic heterocycles. The summed E-state index contributed by atoms with van der Waals surface area (Å²) < 4.78 is 0. The summed E-state index contributed by atoms with van der Waals surface area (Å²) in [5.41, 5.74) is 1.74. The summed E-state index contributed by atoms with van der Waals surface area (Å²) in [5, 5.41) is 5.37. The number of hydrogen-bond acceptors (Lipinski definition) is 5. The first kappa shape index (κ1) is 19.0. The lowest BCUT2D eigenvalue weighted by Gasteiger charge is -2.11. The van der Waals surface area contributed by atoms with Gasteiger partial charge in [-0.1, -0.05) is 6.07 Å². The number of anilines is 3. The molecule has 0 unspecified atom stereocenters. The highest BCUT2D eigenvalue weighted by molar-refractivity contribution is 6.34. The van der Waals surface area contributed by atoms with E-state index in [0.29, 0.717) is 11.4 Å². The molecule has 8 nitrogen and oxygen atoms in total. The van der Waals surface area contributed by atoms with Gasteiger partial charge in [-0.2, -0.15) is 0 Å². The van der Waals surface area contributed by atoms with Crippen LogP contribution in [0.5, 0.6) is 0 Å². The molecule has 2 aromatic carbocycles. The zero-order chi connectivity index (χ0) is 21.3. The van der Waals surface area contributed by atoms with Gasteiger partial charge in [0.15, 0.2) is 0 Å². The molecule has 0 spiro atoms. The van der Waals surface area contributed by atoms with Gasteiger partial charge in [0.1, 0.15) is 5.82 Å². The smallest absolute Gasteiger partial charge is 0.267 e. The van der Waals surface area contributed by atoms with Crippen LogP contribution in [0.15, 0.2) is 66.9 Å². The first-order valence-electron chi connectivity index (χ1n) is 9.07. The highest BCUT2D eigenvalue weighted by Crippen LogP contribution is 2.28. The molecule has 148 valence electrons. The summed E-state index contributed by atoms with van der Waals surface area (Å²) in [5.74, 6) is -1.39. The van der Waals surface area contributed by atoms with Gasteiger partial charge in [0.05, 0.1) is 11.1 Å². The average molecular weight is 400 g/mol. The van der Waals surface area contributed by atoms with Crippen LogP contribution in [0.4, 0.5) is 17.2 Å². The Morgan fingerprint density at radius 3 is 2.13 bits per heavy atom. The SMILES string of the molecule is CC(=O)Nc1ccc(NC(=O)c2ccc3c(c2)C(=O)N(c2ccccn2)C3=O)cc1. The van der Waals surface area contributed by atoms with Gasteiger partial charge in [0, 0.05) is 30.1 Å². The molecule has 0 saturated heterocycles. The van der Waals surface area contributed by atoms with Crippen molar-refractivity contribution < 1.29 is 19.2 Å². The Morgan fingerprint density at radius 2 is 1.50 bits per heavy atom.